The van der Waals surface area contributed by atoms with Crippen molar-refractivity contribution in [2.45, 2.75) is 31.7 Å². The molecule has 2 nitrogen and oxygen atoms in total. The summed E-state index contributed by atoms with van der Waals surface area (Å²) in [6.45, 7) is 0. The van der Waals surface area contributed by atoms with Crippen molar-refractivity contribution in [1.82, 2.24) is 0 Å². The highest BCUT2D eigenvalue weighted by Gasteiger charge is 2.18. The molecule has 2 rings (SSSR count). The molecular weight excluding hydrogens is 182 g/mol. The van der Waals surface area contributed by atoms with Gasteiger partial charge in [0.2, 0.25) is 6.08 Å². The molecule has 13 heavy (non-hydrogen) atoms. The molecular formula is C10H11NOS. The van der Waals surface area contributed by atoms with Crippen molar-refractivity contribution in [1.29, 1.82) is 0 Å². The van der Waals surface area contributed by atoms with Gasteiger partial charge in [0.05, 0.1) is 6.04 Å². The highest BCUT2D eigenvalue weighted by Crippen LogP contribution is 2.34. The van der Waals surface area contributed by atoms with E-state index in [0.29, 0.717) is 0 Å². The lowest BCUT2D eigenvalue weighted by atomic mass is 10.1. The molecule has 0 saturated heterocycles. The molecule has 0 radical (unpaired) electrons. The first kappa shape index (κ1) is 8.67. The number of isocyanates is 1. The van der Waals surface area contributed by atoms with Gasteiger partial charge in [0, 0.05) is 4.88 Å². The fourth-order valence-electron chi connectivity index (χ4n) is 1.83. The average Bonchev–Trinajstić information content (AvgIpc) is 2.52. The van der Waals surface area contributed by atoms with E-state index in [0.717, 1.165) is 19.3 Å². The summed E-state index contributed by atoms with van der Waals surface area (Å²) in [5, 5.41) is 2.09. The zero-order chi connectivity index (χ0) is 9.10. The zero-order valence-corrected chi connectivity index (χ0v) is 8.14. The number of hydrogen-bond donors (Lipinski definition) is 0. The second kappa shape index (κ2) is 3.86. The van der Waals surface area contributed by atoms with E-state index in [1.807, 2.05) is 0 Å². The highest BCUT2D eigenvalue weighted by molar-refractivity contribution is 7.10. The van der Waals surface area contributed by atoms with Gasteiger partial charge in [-0.15, -0.1) is 11.3 Å². The van der Waals surface area contributed by atoms with E-state index in [1.165, 1.54) is 16.9 Å². The van der Waals surface area contributed by atoms with Crippen molar-refractivity contribution in [2.75, 3.05) is 0 Å². The van der Waals surface area contributed by atoms with Gasteiger partial charge in [0.15, 0.2) is 0 Å². The summed E-state index contributed by atoms with van der Waals surface area (Å²) in [6, 6.07) is 2.18. The Hall–Kier alpha value is -0.920. The minimum Gasteiger partial charge on any atom is -0.211 e. The second-order valence-electron chi connectivity index (χ2n) is 3.28. The predicted octanol–water partition coefficient (Wildman–Crippen LogP) is 2.85. The van der Waals surface area contributed by atoms with Crippen LogP contribution in [0, 0.1) is 0 Å². The lowest BCUT2D eigenvalue weighted by Crippen LogP contribution is -1.92. The number of aliphatic imine (C=N–C) groups is 1. The summed E-state index contributed by atoms with van der Waals surface area (Å²) in [5.74, 6) is 0. The second-order valence-corrected chi connectivity index (χ2v) is 4.28. The lowest BCUT2D eigenvalue weighted by Gasteiger charge is -2.05. The molecule has 1 aromatic rings. The monoisotopic (exact) mass is 193 g/mol. The first-order valence-corrected chi connectivity index (χ1v) is 5.43. The van der Waals surface area contributed by atoms with Gasteiger partial charge in [-0.2, -0.15) is 4.99 Å². The van der Waals surface area contributed by atoms with Crippen molar-refractivity contribution in [3.8, 4) is 0 Å². The Morgan fingerprint density at radius 2 is 2.46 bits per heavy atom. The Morgan fingerprint density at radius 1 is 1.54 bits per heavy atom. The van der Waals surface area contributed by atoms with Crippen molar-refractivity contribution in [3.63, 3.8) is 0 Å². The summed E-state index contributed by atoms with van der Waals surface area (Å²) >= 11 is 1.78. The minimum absolute atomic E-state index is 0.0845. The molecule has 1 aliphatic rings. The van der Waals surface area contributed by atoms with E-state index in [4.69, 9.17) is 0 Å². The predicted molar refractivity (Wildman–Crippen MR) is 52.7 cm³/mol. The van der Waals surface area contributed by atoms with Crippen molar-refractivity contribution >= 4 is 17.4 Å². The quantitative estimate of drug-likeness (QED) is 0.383. The van der Waals surface area contributed by atoms with Gasteiger partial charge in [-0.3, -0.25) is 0 Å². The SMILES string of the molecule is O=C=NC1CCCCc2sccc21. The Labute approximate surface area is 81.3 Å². The van der Waals surface area contributed by atoms with E-state index in [-0.39, 0.29) is 6.04 Å². The van der Waals surface area contributed by atoms with Gasteiger partial charge < -0.3 is 0 Å². The average molecular weight is 193 g/mol. The fraction of sp³-hybridized carbons (Fsp3) is 0.500. The maximum atomic E-state index is 10.2. The van der Waals surface area contributed by atoms with Crippen LogP contribution in [0.3, 0.4) is 0 Å². The summed E-state index contributed by atoms with van der Waals surface area (Å²) < 4.78 is 0. The number of fused-ring (bicyclic) bond motifs is 1. The smallest absolute Gasteiger partial charge is 0.211 e. The van der Waals surface area contributed by atoms with Crippen LogP contribution in [0.5, 0.6) is 0 Å². The summed E-state index contributed by atoms with van der Waals surface area (Å²) in [6.07, 6.45) is 6.21. The topological polar surface area (TPSA) is 29.4 Å². The first-order valence-electron chi connectivity index (χ1n) is 4.55. The van der Waals surface area contributed by atoms with Crippen LogP contribution in [0.2, 0.25) is 0 Å². The van der Waals surface area contributed by atoms with Crippen LogP contribution in [-0.4, -0.2) is 6.08 Å². The minimum atomic E-state index is 0.0845. The Kier molecular flexibility index (Phi) is 2.57. The number of thiophene rings is 1. The van der Waals surface area contributed by atoms with Gasteiger partial charge in [-0.1, -0.05) is 6.42 Å². The molecule has 0 N–H and O–H groups in total. The largest absolute Gasteiger partial charge is 0.235 e. The molecule has 1 heterocycles. The number of nitrogens with zero attached hydrogens (tertiary/aromatic N) is 1. The molecule has 1 aromatic heterocycles. The van der Waals surface area contributed by atoms with E-state index in [9.17, 15) is 4.79 Å². The molecule has 3 heteroatoms. The Bertz CT molecular complexity index is 338. The number of rotatable bonds is 1. The van der Waals surface area contributed by atoms with Gasteiger partial charge >= 0.3 is 0 Å². The van der Waals surface area contributed by atoms with Crippen molar-refractivity contribution in [2.24, 2.45) is 4.99 Å². The summed E-state index contributed by atoms with van der Waals surface area (Å²) in [5.41, 5.74) is 1.26. The van der Waals surface area contributed by atoms with E-state index >= 15 is 0 Å². The molecule has 0 saturated carbocycles. The van der Waals surface area contributed by atoms with Gasteiger partial charge in [-0.05, 0) is 36.3 Å². The van der Waals surface area contributed by atoms with Crippen LogP contribution in [0.25, 0.3) is 0 Å². The fourth-order valence-corrected chi connectivity index (χ4v) is 2.81. The summed E-state index contributed by atoms with van der Waals surface area (Å²) in [7, 11) is 0. The Balaban J connectivity index is 2.35. The van der Waals surface area contributed by atoms with Crippen LogP contribution in [-0.2, 0) is 11.2 Å². The molecule has 0 bridgehead atoms. The van der Waals surface area contributed by atoms with Gasteiger partial charge in [0.25, 0.3) is 0 Å². The van der Waals surface area contributed by atoms with E-state index < -0.39 is 0 Å². The highest BCUT2D eigenvalue weighted by atomic mass is 32.1. The van der Waals surface area contributed by atoms with Crippen LogP contribution in [0.15, 0.2) is 16.4 Å². The lowest BCUT2D eigenvalue weighted by molar-refractivity contribution is 0.550. The zero-order valence-electron chi connectivity index (χ0n) is 7.32. The number of aryl methyl sites for hydroxylation is 1. The number of hydrogen-bond acceptors (Lipinski definition) is 3. The normalized spacial score (nSPS) is 21.4. The van der Waals surface area contributed by atoms with E-state index in [1.54, 1.807) is 17.4 Å². The molecule has 1 atom stereocenters. The van der Waals surface area contributed by atoms with Gasteiger partial charge in [0.1, 0.15) is 0 Å². The maximum Gasteiger partial charge on any atom is 0.235 e. The molecule has 0 aromatic carbocycles. The van der Waals surface area contributed by atoms with Crippen molar-refractivity contribution < 1.29 is 4.79 Å². The maximum absolute atomic E-state index is 10.2. The Morgan fingerprint density at radius 3 is 3.31 bits per heavy atom. The molecule has 0 aliphatic heterocycles. The molecule has 0 fully saturated rings. The van der Waals surface area contributed by atoms with Crippen LogP contribution in [0.1, 0.15) is 35.7 Å². The molecule has 0 spiro atoms. The molecule has 0 amide bonds. The third-order valence-corrected chi connectivity index (χ3v) is 3.48. The van der Waals surface area contributed by atoms with Crippen LogP contribution in [0.4, 0.5) is 0 Å². The van der Waals surface area contributed by atoms with E-state index in [2.05, 4.69) is 16.4 Å². The molecule has 68 valence electrons. The first-order chi connectivity index (χ1) is 6.42. The third kappa shape index (κ3) is 1.71. The van der Waals surface area contributed by atoms with Gasteiger partial charge in [-0.25, -0.2) is 4.79 Å². The van der Waals surface area contributed by atoms with Crippen LogP contribution < -0.4 is 0 Å². The molecule has 1 aliphatic carbocycles. The third-order valence-electron chi connectivity index (χ3n) is 2.48. The summed E-state index contributed by atoms with van der Waals surface area (Å²) in [4.78, 5) is 15.5. The van der Waals surface area contributed by atoms with Crippen molar-refractivity contribution in [3.05, 3.63) is 21.9 Å². The molecule has 1 unspecified atom stereocenters. The van der Waals surface area contributed by atoms with Crippen LogP contribution >= 0.6 is 11.3 Å². The standard InChI is InChI=1S/C10H11NOS/c12-7-11-9-3-1-2-4-10-8(9)5-6-13-10/h5-6,9H,1-4H2. The number of carbonyl (C=O) groups excluding carboxylic acids is 1.